The molecular formula is C20H15F9O2. The Bertz CT molecular complexity index is 941. The van der Waals surface area contributed by atoms with E-state index in [9.17, 15) is 39.5 Å². The molecule has 1 fully saturated rings. The van der Waals surface area contributed by atoms with Gasteiger partial charge in [0.25, 0.3) is 0 Å². The van der Waals surface area contributed by atoms with Gasteiger partial charge in [-0.25, -0.2) is 17.6 Å². The molecule has 2 nitrogen and oxygen atoms in total. The molecular weight excluding hydrogens is 443 g/mol. The van der Waals surface area contributed by atoms with Gasteiger partial charge in [-0.05, 0) is 24.8 Å². The van der Waals surface area contributed by atoms with Crippen LogP contribution in [-0.4, -0.2) is 6.61 Å². The maximum absolute atomic E-state index is 14.4. The molecule has 0 aromatic heterocycles. The van der Waals surface area contributed by atoms with Crippen molar-refractivity contribution >= 4 is 0 Å². The van der Waals surface area contributed by atoms with Gasteiger partial charge in [0.15, 0.2) is 11.6 Å². The van der Waals surface area contributed by atoms with Gasteiger partial charge in [0.05, 0.1) is 6.10 Å². The van der Waals surface area contributed by atoms with Gasteiger partial charge in [0, 0.05) is 24.3 Å². The molecule has 3 rings (SSSR count). The van der Waals surface area contributed by atoms with Gasteiger partial charge < -0.3 is 9.47 Å². The number of benzene rings is 2. The summed E-state index contributed by atoms with van der Waals surface area (Å²) in [6.07, 6.45) is -9.91. The lowest BCUT2D eigenvalue weighted by molar-refractivity contribution is -0.188. The summed E-state index contributed by atoms with van der Waals surface area (Å²) in [5.74, 6) is -9.14. The second kappa shape index (κ2) is 8.25. The van der Waals surface area contributed by atoms with Crippen LogP contribution in [-0.2, 0) is 17.0 Å². The van der Waals surface area contributed by atoms with Crippen LogP contribution in [0.2, 0.25) is 0 Å². The molecule has 2 aromatic carbocycles. The monoisotopic (exact) mass is 458 g/mol. The van der Waals surface area contributed by atoms with Crippen molar-refractivity contribution in [2.45, 2.75) is 38.2 Å². The molecule has 2 aromatic rings. The first-order valence-electron chi connectivity index (χ1n) is 9.04. The Morgan fingerprint density at radius 1 is 0.903 bits per heavy atom. The largest absolute Gasteiger partial charge is 0.429 e. The zero-order chi connectivity index (χ0) is 23.1. The third-order valence-corrected chi connectivity index (χ3v) is 4.82. The van der Waals surface area contributed by atoms with E-state index in [1.54, 1.807) is 0 Å². The summed E-state index contributed by atoms with van der Waals surface area (Å²) >= 11 is 0. The summed E-state index contributed by atoms with van der Waals surface area (Å²) in [6.45, 7) is 2.17. The fourth-order valence-corrected chi connectivity index (χ4v) is 3.25. The molecule has 0 aliphatic carbocycles. The Balaban J connectivity index is 1.89. The van der Waals surface area contributed by atoms with E-state index in [1.807, 2.05) is 6.92 Å². The van der Waals surface area contributed by atoms with Crippen LogP contribution < -0.4 is 4.74 Å². The van der Waals surface area contributed by atoms with E-state index in [2.05, 4.69) is 4.74 Å². The predicted octanol–water partition coefficient (Wildman–Crippen LogP) is 6.88. The van der Waals surface area contributed by atoms with Crippen LogP contribution in [0.4, 0.5) is 39.5 Å². The summed E-state index contributed by atoms with van der Waals surface area (Å²) < 4.78 is 132. The third kappa shape index (κ3) is 4.76. The van der Waals surface area contributed by atoms with Crippen LogP contribution in [0.15, 0.2) is 24.3 Å². The first-order chi connectivity index (χ1) is 14.3. The van der Waals surface area contributed by atoms with Crippen molar-refractivity contribution in [1.82, 2.24) is 0 Å². The predicted molar refractivity (Wildman–Crippen MR) is 89.3 cm³/mol. The highest BCUT2D eigenvalue weighted by Gasteiger charge is 2.42. The molecule has 0 spiro atoms. The molecule has 1 saturated heterocycles. The number of rotatable bonds is 4. The number of halogens is 9. The van der Waals surface area contributed by atoms with Gasteiger partial charge in [-0.1, -0.05) is 13.0 Å². The van der Waals surface area contributed by atoms with Gasteiger partial charge in [-0.3, -0.25) is 0 Å². The van der Waals surface area contributed by atoms with E-state index in [0.29, 0.717) is 18.9 Å². The quantitative estimate of drug-likeness (QED) is 0.465. The summed E-state index contributed by atoms with van der Waals surface area (Å²) in [5, 5.41) is 0. The Hall–Kier alpha value is -2.43. The van der Waals surface area contributed by atoms with Crippen molar-refractivity contribution in [1.29, 1.82) is 0 Å². The minimum absolute atomic E-state index is 0.126. The zero-order valence-corrected chi connectivity index (χ0v) is 15.8. The van der Waals surface area contributed by atoms with Crippen molar-refractivity contribution in [3.05, 3.63) is 64.2 Å². The summed E-state index contributed by atoms with van der Waals surface area (Å²) in [4.78, 5) is 0. The Kier molecular flexibility index (Phi) is 6.18. The van der Waals surface area contributed by atoms with Crippen molar-refractivity contribution in [2.24, 2.45) is 5.92 Å². The van der Waals surface area contributed by atoms with E-state index in [0.717, 1.165) is 6.07 Å². The highest BCUT2D eigenvalue weighted by molar-refractivity contribution is 5.34. The molecule has 1 aliphatic heterocycles. The third-order valence-electron chi connectivity index (χ3n) is 4.82. The highest BCUT2D eigenvalue weighted by Crippen LogP contribution is 2.40. The summed E-state index contributed by atoms with van der Waals surface area (Å²) in [5.41, 5.74) is -4.18. The van der Waals surface area contributed by atoms with Gasteiger partial charge in [-0.15, -0.1) is 0 Å². The maximum atomic E-state index is 14.4. The SMILES string of the molecule is CC1CCC(c2ccc(C(F)(F)Oc3cc(F)c(C(F)(F)F)c(F)c3)c(F)c2F)OC1. The van der Waals surface area contributed by atoms with E-state index >= 15 is 0 Å². The molecule has 2 atom stereocenters. The second-order valence-corrected chi connectivity index (χ2v) is 7.21. The average molecular weight is 458 g/mol. The Labute approximate surface area is 170 Å². The molecule has 170 valence electrons. The van der Waals surface area contributed by atoms with Crippen molar-refractivity contribution in [3.63, 3.8) is 0 Å². The molecule has 0 radical (unpaired) electrons. The van der Waals surface area contributed by atoms with Crippen LogP contribution in [0.1, 0.15) is 42.6 Å². The molecule has 11 heteroatoms. The van der Waals surface area contributed by atoms with Crippen molar-refractivity contribution in [2.75, 3.05) is 6.61 Å². The summed E-state index contributed by atoms with van der Waals surface area (Å²) in [7, 11) is 0. The summed E-state index contributed by atoms with van der Waals surface area (Å²) in [6, 6.07) is 1.14. The molecule has 0 amide bonds. The Morgan fingerprint density at radius 2 is 1.52 bits per heavy atom. The normalized spacial score (nSPS) is 20.1. The van der Waals surface area contributed by atoms with Crippen LogP contribution in [0.3, 0.4) is 0 Å². The van der Waals surface area contributed by atoms with Crippen molar-refractivity contribution in [3.8, 4) is 5.75 Å². The fraction of sp³-hybridized carbons (Fsp3) is 0.400. The van der Waals surface area contributed by atoms with E-state index in [-0.39, 0.29) is 30.2 Å². The fourth-order valence-electron chi connectivity index (χ4n) is 3.25. The number of alkyl halides is 5. The van der Waals surface area contributed by atoms with Crippen LogP contribution in [0.25, 0.3) is 0 Å². The van der Waals surface area contributed by atoms with Crippen molar-refractivity contribution < 1.29 is 49.0 Å². The van der Waals surface area contributed by atoms with E-state index < -0.39 is 58.5 Å². The van der Waals surface area contributed by atoms with Gasteiger partial charge in [0.1, 0.15) is 28.5 Å². The molecule has 0 saturated carbocycles. The molecule has 0 N–H and O–H groups in total. The second-order valence-electron chi connectivity index (χ2n) is 7.21. The van der Waals surface area contributed by atoms with E-state index in [4.69, 9.17) is 4.74 Å². The van der Waals surface area contributed by atoms with Gasteiger partial charge >= 0.3 is 12.3 Å². The average Bonchev–Trinajstić information content (AvgIpc) is 2.62. The molecule has 0 bridgehead atoms. The lowest BCUT2D eigenvalue weighted by atomic mass is 9.94. The van der Waals surface area contributed by atoms with Gasteiger partial charge in [-0.2, -0.15) is 22.0 Å². The molecule has 1 heterocycles. The standard InChI is InChI=1S/C20H15F9O2/c1-9-2-5-15(30-8-9)11-3-4-12(18(24)17(11)23)20(28,29)31-10-6-13(21)16(14(22)7-10)19(25,26)27/h3-4,6-7,9,15H,2,5,8H2,1H3. The van der Waals surface area contributed by atoms with Crippen LogP contribution >= 0.6 is 0 Å². The minimum atomic E-state index is -5.42. The van der Waals surface area contributed by atoms with Crippen LogP contribution in [0.5, 0.6) is 5.75 Å². The lowest BCUT2D eigenvalue weighted by Gasteiger charge is -2.28. The minimum Gasteiger partial charge on any atom is -0.429 e. The van der Waals surface area contributed by atoms with Gasteiger partial charge in [0.2, 0.25) is 0 Å². The molecule has 31 heavy (non-hydrogen) atoms. The highest BCUT2D eigenvalue weighted by atomic mass is 19.4. The smallest absolute Gasteiger partial charge is 0.429 e. The topological polar surface area (TPSA) is 18.5 Å². The first-order valence-corrected chi connectivity index (χ1v) is 9.04. The zero-order valence-electron chi connectivity index (χ0n) is 15.8. The van der Waals surface area contributed by atoms with E-state index in [1.165, 1.54) is 0 Å². The molecule has 1 aliphatic rings. The first kappa shape index (κ1) is 23.2. The number of hydrogen-bond donors (Lipinski definition) is 0. The van der Waals surface area contributed by atoms with Crippen LogP contribution in [0, 0.1) is 29.2 Å². The number of hydrogen-bond acceptors (Lipinski definition) is 2. The Morgan fingerprint density at radius 3 is 2.03 bits per heavy atom. The number of ether oxygens (including phenoxy) is 2. The maximum Gasteiger partial charge on any atom is 0.429 e. The molecule has 2 unspecified atom stereocenters. The lowest BCUT2D eigenvalue weighted by Crippen LogP contribution is -2.26.